The van der Waals surface area contributed by atoms with Gasteiger partial charge in [0.1, 0.15) is 6.04 Å². The number of carbonyl (C=O) groups excluding carboxylic acids is 1. The molecule has 0 saturated carbocycles. The van der Waals surface area contributed by atoms with E-state index >= 15 is 0 Å². The largest absolute Gasteiger partial charge is 0.373 e. The maximum absolute atomic E-state index is 12.7. The zero-order valence-corrected chi connectivity index (χ0v) is 12.7. The Hall–Kier alpha value is -1.51. The van der Waals surface area contributed by atoms with E-state index < -0.39 is 0 Å². The van der Waals surface area contributed by atoms with Gasteiger partial charge < -0.3 is 10.2 Å². The van der Waals surface area contributed by atoms with Gasteiger partial charge in [-0.15, -0.1) is 0 Å². The van der Waals surface area contributed by atoms with E-state index in [1.54, 1.807) is 0 Å². The summed E-state index contributed by atoms with van der Waals surface area (Å²) in [5, 5.41) is 3.38. The molecule has 1 aromatic rings. The van der Waals surface area contributed by atoms with E-state index in [9.17, 15) is 4.79 Å². The lowest BCUT2D eigenvalue weighted by Gasteiger charge is -2.25. The van der Waals surface area contributed by atoms with Crippen LogP contribution in [0.4, 0.5) is 5.69 Å². The first-order valence-electron chi connectivity index (χ1n) is 7.89. The SMILES string of the molecule is CCCCN(CCCC)C(=O)C1Cc2ccccc2N1. The molecular weight excluding hydrogens is 248 g/mol. The third-order valence-corrected chi connectivity index (χ3v) is 3.94. The van der Waals surface area contributed by atoms with Gasteiger partial charge in [0.05, 0.1) is 0 Å². The first kappa shape index (κ1) is 14.9. The van der Waals surface area contributed by atoms with Crippen molar-refractivity contribution in [2.45, 2.75) is 52.0 Å². The van der Waals surface area contributed by atoms with Crippen LogP contribution in [0, 0.1) is 0 Å². The van der Waals surface area contributed by atoms with Crippen LogP contribution in [0.25, 0.3) is 0 Å². The molecule has 3 nitrogen and oxygen atoms in total. The third-order valence-electron chi connectivity index (χ3n) is 3.94. The summed E-state index contributed by atoms with van der Waals surface area (Å²) in [7, 11) is 0. The number of fused-ring (bicyclic) bond motifs is 1. The van der Waals surface area contributed by atoms with Crippen LogP contribution < -0.4 is 5.32 Å². The topological polar surface area (TPSA) is 32.3 Å². The Labute approximate surface area is 122 Å². The van der Waals surface area contributed by atoms with Crippen molar-refractivity contribution in [1.29, 1.82) is 0 Å². The third kappa shape index (κ3) is 3.53. The van der Waals surface area contributed by atoms with Crippen molar-refractivity contribution in [3.8, 4) is 0 Å². The van der Waals surface area contributed by atoms with Crippen molar-refractivity contribution in [3.05, 3.63) is 29.8 Å². The second-order valence-corrected chi connectivity index (χ2v) is 5.59. The second-order valence-electron chi connectivity index (χ2n) is 5.59. The summed E-state index contributed by atoms with van der Waals surface area (Å²) in [6, 6.07) is 8.16. The quantitative estimate of drug-likeness (QED) is 0.826. The Morgan fingerprint density at radius 2 is 1.85 bits per heavy atom. The normalized spacial score (nSPS) is 16.6. The summed E-state index contributed by atoms with van der Waals surface area (Å²) in [4.78, 5) is 14.7. The highest BCUT2D eigenvalue weighted by Gasteiger charge is 2.29. The predicted molar refractivity (Wildman–Crippen MR) is 84.0 cm³/mol. The van der Waals surface area contributed by atoms with Crippen LogP contribution in [0.15, 0.2) is 24.3 Å². The molecule has 0 saturated heterocycles. The van der Waals surface area contributed by atoms with Crippen molar-refractivity contribution in [2.75, 3.05) is 18.4 Å². The number of rotatable bonds is 7. The smallest absolute Gasteiger partial charge is 0.245 e. The van der Waals surface area contributed by atoms with E-state index in [4.69, 9.17) is 0 Å². The van der Waals surface area contributed by atoms with Crippen LogP contribution in [0.2, 0.25) is 0 Å². The number of anilines is 1. The van der Waals surface area contributed by atoms with Gasteiger partial charge in [0, 0.05) is 25.2 Å². The molecule has 0 bridgehead atoms. The van der Waals surface area contributed by atoms with E-state index in [1.165, 1.54) is 5.56 Å². The summed E-state index contributed by atoms with van der Waals surface area (Å²) in [5.74, 6) is 0.267. The Bertz CT molecular complexity index is 411. The molecule has 0 aliphatic carbocycles. The molecule has 1 aliphatic heterocycles. The van der Waals surface area contributed by atoms with E-state index in [0.717, 1.165) is 50.9 Å². The van der Waals surface area contributed by atoms with Crippen molar-refractivity contribution >= 4 is 11.6 Å². The molecule has 1 N–H and O–H groups in total. The summed E-state index contributed by atoms with van der Waals surface area (Å²) in [6.07, 6.45) is 5.27. The highest BCUT2D eigenvalue weighted by atomic mass is 16.2. The minimum atomic E-state index is -0.0684. The minimum absolute atomic E-state index is 0.0684. The van der Waals surface area contributed by atoms with E-state index in [0.29, 0.717) is 0 Å². The van der Waals surface area contributed by atoms with Crippen LogP contribution in [-0.4, -0.2) is 29.9 Å². The van der Waals surface area contributed by atoms with E-state index in [-0.39, 0.29) is 11.9 Å². The molecule has 110 valence electrons. The van der Waals surface area contributed by atoms with Gasteiger partial charge in [-0.1, -0.05) is 44.9 Å². The lowest BCUT2D eigenvalue weighted by molar-refractivity contribution is -0.132. The van der Waals surface area contributed by atoms with Crippen LogP contribution in [0.3, 0.4) is 0 Å². The van der Waals surface area contributed by atoms with Gasteiger partial charge >= 0.3 is 0 Å². The van der Waals surface area contributed by atoms with Crippen LogP contribution in [0.1, 0.15) is 45.1 Å². The van der Waals surface area contributed by atoms with Crippen LogP contribution in [0.5, 0.6) is 0 Å². The number of carbonyl (C=O) groups is 1. The Morgan fingerprint density at radius 1 is 1.20 bits per heavy atom. The number of amides is 1. The fourth-order valence-electron chi connectivity index (χ4n) is 2.70. The summed E-state index contributed by atoms with van der Waals surface area (Å²) >= 11 is 0. The van der Waals surface area contributed by atoms with Gasteiger partial charge in [-0.05, 0) is 24.5 Å². The van der Waals surface area contributed by atoms with Gasteiger partial charge in [-0.25, -0.2) is 0 Å². The molecule has 0 fully saturated rings. The summed E-state index contributed by atoms with van der Waals surface area (Å²) in [5.41, 5.74) is 2.38. The number of hydrogen-bond donors (Lipinski definition) is 1. The molecule has 1 amide bonds. The number of hydrogen-bond acceptors (Lipinski definition) is 2. The maximum atomic E-state index is 12.7. The van der Waals surface area contributed by atoms with Crippen molar-refractivity contribution in [1.82, 2.24) is 4.90 Å². The number of nitrogens with zero attached hydrogens (tertiary/aromatic N) is 1. The van der Waals surface area contributed by atoms with Crippen LogP contribution >= 0.6 is 0 Å². The van der Waals surface area contributed by atoms with Gasteiger partial charge in [0.2, 0.25) is 5.91 Å². The number of nitrogens with one attached hydrogen (secondary N) is 1. The van der Waals surface area contributed by atoms with Gasteiger partial charge in [0.25, 0.3) is 0 Å². The monoisotopic (exact) mass is 274 g/mol. The average Bonchev–Trinajstić information content (AvgIpc) is 2.90. The van der Waals surface area contributed by atoms with Crippen molar-refractivity contribution < 1.29 is 4.79 Å². The first-order chi connectivity index (χ1) is 9.76. The van der Waals surface area contributed by atoms with Gasteiger partial charge in [-0.2, -0.15) is 0 Å². The number of benzene rings is 1. The Balaban J connectivity index is 1.98. The summed E-state index contributed by atoms with van der Waals surface area (Å²) < 4.78 is 0. The fourth-order valence-corrected chi connectivity index (χ4v) is 2.70. The Morgan fingerprint density at radius 3 is 2.45 bits per heavy atom. The lowest BCUT2D eigenvalue weighted by Crippen LogP contribution is -2.43. The molecule has 0 radical (unpaired) electrons. The van der Waals surface area contributed by atoms with Crippen molar-refractivity contribution in [3.63, 3.8) is 0 Å². The molecule has 1 aliphatic rings. The number of unbranched alkanes of at least 4 members (excludes halogenated alkanes) is 2. The maximum Gasteiger partial charge on any atom is 0.245 e. The average molecular weight is 274 g/mol. The molecule has 1 heterocycles. The van der Waals surface area contributed by atoms with Gasteiger partial charge in [-0.3, -0.25) is 4.79 Å². The molecule has 1 aromatic carbocycles. The first-order valence-corrected chi connectivity index (χ1v) is 7.89. The lowest BCUT2D eigenvalue weighted by atomic mass is 10.1. The number of para-hydroxylation sites is 1. The summed E-state index contributed by atoms with van der Waals surface area (Å²) in [6.45, 7) is 6.13. The van der Waals surface area contributed by atoms with E-state index in [2.05, 4.69) is 36.2 Å². The molecular formula is C17H26N2O. The zero-order valence-electron chi connectivity index (χ0n) is 12.7. The molecule has 20 heavy (non-hydrogen) atoms. The van der Waals surface area contributed by atoms with Crippen molar-refractivity contribution in [2.24, 2.45) is 0 Å². The second kappa shape index (κ2) is 7.32. The standard InChI is InChI=1S/C17H26N2O/c1-3-5-11-19(12-6-4-2)17(20)16-13-14-9-7-8-10-15(14)18-16/h7-10,16,18H,3-6,11-13H2,1-2H3. The fraction of sp³-hybridized carbons (Fsp3) is 0.588. The minimum Gasteiger partial charge on any atom is -0.373 e. The predicted octanol–water partition coefficient (Wildman–Crippen LogP) is 3.45. The molecule has 1 atom stereocenters. The Kier molecular flexibility index (Phi) is 5.45. The zero-order chi connectivity index (χ0) is 14.4. The molecule has 1 unspecified atom stereocenters. The molecule has 0 spiro atoms. The van der Waals surface area contributed by atoms with Crippen LogP contribution in [-0.2, 0) is 11.2 Å². The van der Waals surface area contributed by atoms with Gasteiger partial charge in [0.15, 0.2) is 0 Å². The molecule has 0 aromatic heterocycles. The highest BCUT2D eigenvalue weighted by Crippen LogP contribution is 2.26. The van der Waals surface area contributed by atoms with E-state index in [1.807, 2.05) is 12.1 Å². The molecule has 3 heteroatoms. The molecule has 2 rings (SSSR count). The highest BCUT2D eigenvalue weighted by molar-refractivity contribution is 5.87.